The zero-order valence-electron chi connectivity index (χ0n) is 15.2. The number of carbonyl (C=O) groups is 1. The van der Waals surface area contributed by atoms with E-state index >= 15 is 0 Å². The summed E-state index contributed by atoms with van der Waals surface area (Å²) in [6, 6.07) is 8.90. The molecule has 0 radical (unpaired) electrons. The first-order valence-electron chi connectivity index (χ1n) is 9.51. The zero-order valence-corrected chi connectivity index (χ0v) is 15.2. The summed E-state index contributed by atoms with van der Waals surface area (Å²) in [6.45, 7) is 10.6. The van der Waals surface area contributed by atoms with Gasteiger partial charge in [-0.2, -0.15) is 0 Å². The molecule has 1 aromatic rings. The number of rotatable bonds is 5. The normalized spacial score (nSPS) is 22.2. The van der Waals surface area contributed by atoms with Crippen molar-refractivity contribution < 1.29 is 4.79 Å². The molecule has 0 saturated carbocycles. The van der Waals surface area contributed by atoms with E-state index in [0.29, 0.717) is 6.42 Å². The monoisotopic (exact) mass is 329 g/mol. The second-order valence-corrected chi connectivity index (χ2v) is 7.16. The van der Waals surface area contributed by atoms with Crippen LogP contribution in [0.15, 0.2) is 24.3 Å². The Labute approximate surface area is 146 Å². The van der Waals surface area contributed by atoms with E-state index in [1.807, 2.05) is 17.0 Å². The van der Waals surface area contributed by atoms with Crippen molar-refractivity contribution in [3.8, 4) is 0 Å². The second kappa shape index (κ2) is 8.13. The largest absolute Gasteiger partial charge is 0.312 e. The van der Waals surface area contributed by atoms with Crippen LogP contribution in [0.4, 0.5) is 5.69 Å². The van der Waals surface area contributed by atoms with Gasteiger partial charge in [0.15, 0.2) is 0 Å². The van der Waals surface area contributed by atoms with E-state index in [1.165, 1.54) is 37.9 Å². The Hall–Kier alpha value is -1.39. The zero-order chi connectivity index (χ0) is 16.9. The highest BCUT2D eigenvalue weighted by molar-refractivity contribution is 5.94. The van der Waals surface area contributed by atoms with Crippen LogP contribution in [0.5, 0.6) is 0 Å². The van der Waals surface area contributed by atoms with E-state index in [1.54, 1.807) is 0 Å². The summed E-state index contributed by atoms with van der Waals surface area (Å²) >= 11 is 0. The first-order chi connectivity index (χ1) is 11.7. The van der Waals surface area contributed by atoms with Gasteiger partial charge in [0, 0.05) is 37.8 Å². The van der Waals surface area contributed by atoms with Gasteiger partial charge in [0.25, 0.3) is 0 Å². The van der Waals surface area contributed by atoms with E-state index in [0.717, 1.165) is 37.9 Å². The lowest BCUT2D eigenvalue weighted by Gasteiger charge is -2.27. The highest BCUT2D eigenvalue weighted by Gasteiger charge is 2.28. The van der Waals surface area contributed by atoms with Crippen LogP contribution < -0.4 is 4.90 Å². The summed E-state index contributed by atoms with van der Waals surface area (Å²) in [7, 11) is 0. The molecule has 0 aromatic heterocycles. The van der Waals surface area contributed by atoms with Crippen molar-refractivity contribution >= 4 is 11.6 Å². The van der Waals surface area contributed by atoms with Crippen molar-refractivity contribution in [3.63, 3.8) is 0 Å². The van der Waals surface area contributed by atoms with Gasteiger partial charge in [-0.1, -0.05) is 18.2 Å². The van der Waals surface area contributed by atoms with Gasteiger partial charge in [0.05, 0.1) is 0 Å². The molecule has 1 atom stereocenters. The van der Waals surface area contributed by atoms with Gasteiger partial charge in [-0.15, -0.1) is 0 Å². The molecule has 0 unspecified atom stereocenters. The molecular formula is C20H31N3O. The van der Waals surface area contributed by atoms with Gasteiger partial charge in [-0.25, -0.2) is 0 Å². The Morgan fingerprint density at radius 1 is 1.21 bits per heavy atom. The van der Waals surface area contributed by atoms with Crippen molar-refractivity contribution in [1.82, 2.24) is 9.80 Å². The Morgan fingerprint density at radius 3 is 2.79 bits per heavy atom. The molecule has 132 valence electrons. The number of benzene rings is 1. The molecule has 2 fully saturated rings. The van der Waals surface area contributed by atoms with Crippen molar-refractivity contribution in [2.24, 2.45) is 0 Å². The topological polar surface area (TPSA) is 26.8 Å². The summed E-state index contributed by atoms with van der Waals surface area (Å²) in [5.41, 5.74) is 2.23. The lowest BCUT2D eigenvalue weighted by Crippen LogP contribution is -2.39. The number of fused-ring (bicyclic) bond motifs is 1. The van der Waals surface area contributed by atoms with E-state index in [4.69, 9.17) is 0 Å². The second-order valence-electron chi connectivity index (χ2n) is 7.16. The molecule has 24 heavy (non-hydrogen) atoms. The van der Waals surface area contributed by atoms with E-state index in [2.05, 4.69) is 35.8 Å². The molecule has 0 N–H and O–H groups in total. The molecule has 2 aliphatic heterocycles. The quantitative estimate of drug-likeness (QED) is 0.831. The molecule has 1 aromatic carbocycles. The molecule has 4 nitrogen and oxygen atoms in total. The Bertz CT molecular complexity index is 560. The fraction of sp³-hybridized carbons (Fsp3) is 0.650. The van der Waals surface area contributed by atoms with Crippen LogP contribution in [0, 0.1) is 6.92 Å². The predicted molar refractivity (Wildman–Crippen MR) is 99.5 cm³/mol. The number of hydrogen-bond acceptors (Lipinski definition) is 3. The highest BCUT2D eigenvalue weighted by Crippen LogP contribution is 2.22. The first-order valence-corrected chi connectivity index (χ1v) is 9.51. The summed E-state index contributed by atoms with van der Waals surface area (Å²) < 4.78 is 0. The van der Waals surface area contributed by atoms with Crippen LogP contribution in [0.2, 0.25) is 0 Å². The van der Waals surface area contributed by atoms with Gasteiger partial charge < -0.3 is 9.80 Å². The maximum absolute atomic E-state index is 12.8. The molecule has 0 bridgehead atoms. The van der Waals surface area contributed by atoms with Gasteiger partial charge in [-0.05, 0) is 64.4 Å². The highest BCUT2D eigenvalue weighted by atomic mass is 16.2. The number of aryl methyl sites for hydroxylation is 1. The lowest BCUT2D eigenvalue weighted by molar-refractivity contribution is -0.118. The van der Waals surface area contributed by atoms with Gasteiger partial charge in [-0.3, -0.25) is 9.69 Å². The molecule has 0 aliphatic carbocycles. The van der Waals surface area contributed by atoms with Crippen LogP contribution >= 0.6 is 0 Å². The molecule has 1 amide bonds. The van der Waals surface area contributed by atoms with Crippen LogP contribution in [-0.2, 0) is 4.79 Å². The summed E-state index contributed by atoms with van der Waals surface area (Å²) in [6.07, 6.45) is 4.53. The summed E-state index contributed by atoms with van der Waals surface area (Å²) in [4.78, 5) is 19.9. The van der Waals surface area contributed by atoms with E-state index in [9.17, 15) is 4.79 Å². The molecule has 4 heteroatoms. The number of nitrogens with zero attached hydrogens (tertiary/aromatic N) is 3. The maximum atomic E-state index is 12.8. The van der Waals surface area contributed by atoms with Crippen LogP contribution in [-0.4, -0.2) is 61.0 Å². The fourth-order valence-corrected chi connectivity index (χ4v) is 4.22. The fourth-order valence-electron chi connectivity index (χ4n) is 4.22. The minimum Gasteiger partial charge on any atom is -0.312 e. The third kappa shape index (κ3) is 3.98. The minimum atomic E-state index is 0.249. The average Bonchev–Trinajstić information content (AvgIpc) is 2.93. The number of anilines is 1. The van der Waals surface area contributed by atoms with Crippen LogP contribution in [0.25, 0.3) is 0 Å². The molecule has 0 spiro atoms. The summed E-state index contributed by atoms with van der Waals surface area (Å²) in [5.74, 6) is 0.249. The minimum absolute atomic E-state index is 0.249. The lowest BCUT2D eigenvalue weighted by atomic mass is 10.1. The van der Waals surface area contributed by atoms with Crippen molar-refractivity contribution in [3.05, 3.63) is 29.8 Å². The number of para-hydroxylation sites is 1. The molecule has 2 heterocycles. The van der Waals surface area contributed by atoms with Crippen molar-refractivity contribution in [2.75, 3.05) is 44.2 Å². The van der Waals surface area contributed by atoms with Gasteiger partial charge in [0.1, 0.15) is 0 Å². The SMILES string of the molecule is CCN(C(=O)CCN1CCCN2CCC[C@H]2C1)c1ccccc1C. The van der Waals surface area contributed by atoms with Crippen molar-refractivity contribution in [2.45, 2.75) is 45.6 Å². The van der Waals surface area contributed by atoms with Gasteiger partial charge in [0.2, 0.25) is 5.91 Å². The Morgan fingerprint density at radius 2 is 2.00 bits per heavy atom. The summed E-state index contributed by atoms with van der Waals surface area (Å²) in [5, 5.41) is 0. The molecule has 3 rings (SSSR count). The molecule has 2 aliphatic rings. The van der Waals surface area contributed by atoms with Crippen LogP contribution in [0.3, 0.4) is 0 Å². The van der Waals surface area contributed by atoms with E-state index in [-0.39, 0.29) is 5.91 Å². The molecular weight excluding hydrogens is 298 g/mol. The van der Waals surface area contributed by atoms with Gasteiger partial charge >= 0.3 is 0 Å². The number of carbonyl (C=O) groups excluding carboxylic acids is 1. The van der Waals surface area contributed by atoms with E-state index < -0.39 is 0 Å². The Kier molecular flexibility index (Phi) is 5.90. The standard InChI is InChI=1S/C20H31N3O/c1-3-23(19-10-5-4-8-17(19)2)20(24)11-15-21-12-7-14-22-13-6-9-18(22)16-21/h4-5,8,10,18H,3,6-7,9,11-16H2,1-2H3/t18-/m0/s1. The van der Waals surface area contributed by atoms with Crippen molar-refractivity contribution in [1.29, 1.82) is 0 Å². The predicted octanol–water partition coefficient (Wildman–Crippen LogP) is 2.91. The first kappa shape index (κ1) is 17.4. The third-order valence-corrected chi connectivity index (χ3v) is 5.55. The average molecular weight is 329 g/mol. The number of hydrogen-bond donors (Lipinski definition) is 0. The maximum Gasteiger partial charge on any atom is 0.228 e. The number of amides is 1. The van der Waals surface area contributed by atoms with Crippen LogP contribution in [0.1, 0.15) is 38.2 Å². The Balaban J connectivity index is 1.57. The smallest absolute Gasteiger partial charge is 0.228 e. The third-order valence-electron chi connectivity index (χ3n) is 5.55. The molecule has 2 saturated heterocycles.